The molecule has 4 nitrogen and oxygen atoms in total. The van der Waals surface area contributed by atoms with Crippen LogP contribution in [0.1, 0.15) is 0 Å². The second-order valence-corrected chi connectivity index (χ2v) is 24.4. The van der Waals surface area contributed by atoms with Gasteiger partial charge in [-0.1, -0.05) is 237 Å². The minimum Gasteiger partial charge on any atom is -0.309 e. The summed E-state index contributed by atoms with van der Waals surface area (Å²) in [5.41, 5.74) is 18.0. The van der Waals surface area contributed by atoms with Crippen molar-refractivity contribution in [3.05, 3.63) is 364 Å². The molecule has 0 fully saturated rings. The van der Waals surface area contributed by atoms with E-state index in [0.29, 0.717) is 0 Å². The third-order valence-corrected chi connectivity index (χ3v) is 19.0. The molecule has 0 saturated carbocycles. The highest BCUT2D eigenvalue weighted by Crippen LogP contribution is 2.49. The maximum absolute atomic E-state index is 2.45. The molecule has 18 aromatic rings. The van der Waals surface area contributed by atoms with Crippen molar-refractivity contribution in [1.82, 2.24) is 4.57 Å². The first-order chi connectivity index (χ1) is 46.6. The van der Waals surface area contributed by atoms with Crippen LogP contribution in [-0.2, 0) is 0 Å². The van der Waals surface area contributed by atoms with Gasteiger partial charge in [0.15, 0.2) is 0 Å². The number of benzene rings is 17. The highest BCUT2D eigenvalue weighted by atomic mass is 15.2. The van der Waals surface area contributed by atoms with Crippen LogP contribution in [0.2, 0.25) is 0 Å². The zero-order valence-corrected chi connectivity index (χ0v) is 51.4. The zero-order chi connectivity index (χ0) is 62.1. The number of hydrogen-bond acceptors (Lipinski definition) is 3. The maximum atomic E-state index is 2.45. The van der Waals surface area contributed by atoms with Crippen LogP contribution in [0.3, 0.4) is 0 Å². The largest absolute Gasteiger partial charge is 0.309 e. The molecular formula is C90H60N4. The lowest BCUT2D eigenvalue weighted by Gasteiger charge is -2.28. The summed E-state index contributed by atoms with van der Waals surface area (Å²) in [5, 5.41) is 16.8. The lowest BCUT2D eigenvalue weighted by atomic mass is 9.98. The van der Waals surface area contributed by atoms with Crippen molar-refractivity contribution in [2.75, 3.05) is 14.7 Å². The zero-order valence-electron chi connectivity index (χ0n) is 51.4. The van der Waals surface area contributed by atoms with Crippen molar-refractivity contribution in [1.29, 1.82) is 0 Å². The Labute approximate surface area is 545 Å². The molecule has 0 bridgehead atoms. The smallest absolute Gasteiger partial charge is 0.0618 e. The van der Waals surface area contributed by atoms with Gasteiger partial charge in [0, 0.05) is 82.9 Å². The summed E-state index contributed by atoms with van der Waals surface area (Å²) in [7, 11) is 0. The van der Waals surface area contributed by atoms with Crippen molar-refractivity contribution in [2.24, 2.45) is 0 Å². The number of rotatable bonds is 12. The second-order valence-electron chi connectivity index (χ2n) is 24.4. The van der Waals surface area contributed by atoms with Crippen LogP contribution in [0, 0.1) is 0 Å². The molecule has 18 rings (SSSR count). The average molecular weight is 1200 g/mol. The second kappa shape index (κ2) is 22.8. The Morgan fingerprint density at radius 3 is 0.691 bits per heavy atom. The molecule has 0 aliphatic heterocycles. The number of anilines is 9. The monoisotopic (exact) mass is 1200 g/mol. The summed E-state index contributed by atoms with van der Waals surface area (Å²) in [4.78, 5) is 7.29. The summed E-state index contributed by atoms with van der Waals surface area (Å²) >= 11 is 0. The van der Waals surface area contributed by atoms with Gasteiger partial charge >= 0.3 is 0 Å². The molecule has 0 spiro atoms. The Hall–Kier alpha value is -12.5. The number of aromatic nitrogens is 1. The van der Waals surface area contributed by atoms with E-state index in [1.54, 1.807) is 0 Å². The van der Waals surface area contributed by atoms with E-state index < -0.39 is 0 Å². The molecule has 94 heavy (non-hydrogen) atoms. The molecule has 0 atom stereocenters. The predicted octanol–water partition coefficient (Wildman–Crippen LogP) is 25.4. The van der Waals surface area contributed by atoms with Crippen LogP contribution in [0.5, 0.6) is 0 Å². The van der Waals surface area contributed by atoms with Gasteiger partial charge in [-0.05, 0) is 182 Å². The van der Waals surface area contributed by atoms with Gasteiger partial charge in [-0.3, -0.25) is 0 Å². The average Bonchev–Trinajstić information content (AvgIpc) is 1.58. The molecule has 0 radical (unpaired) electrons. The Kier molecular flexibility index (Phi) is 13.2. The van der Waals surface area contributed by atoms with E-state index in [1.807, 2.05) is 0 Å². The SMILES string of the molecule is c1ccc(N(c2ccc(-c3ccc4c(c3)c3cc(-c5ccc(N(c6ccccc6)c6c7ccccc7cc7ccccc67)cc5)ccc3n4-c3ccc(N(c4ccccc4)c4c5ccccc5cc5ccccc45)cc3)cc2)c2c3ccccc3cc3ccccc23)cc1. The van der Waals surface area contributed by atoms with Crippen LogP contribution in [-0.4, -0.2) is 4.57 Å². The van der Waals surface area contributed by atoms with Crippen molar-refractivity contribution >= 4 is 138 Å². The van der Waals surface area contributed by atoms with Gasteiger partial charge in [0.2, 0.25) is 0 Å². The molecule has 1 aromatic heterocycles. The van der Waals surface area contributed by atoms with Crippen LogP contribution in [0.4, 0.5) is 51.2 Å². The van der Waals surface area contributed by atoms with E-state index in [4.69, 9.17) is 0 Å². The number of nitrogens with zero attached hydrogens (tertiary/aromatic N) is 4. The summed E-state index contributed by atoms with van der Waals surface area (Å²) in [6.45, 7) is 0. The summed E-state index contributed by atoms with van der Waals surface area (Å²) in [6.07, 6.45) is 0. The fraction of sp³-hybridized carbons (Fsp3) is 0. The van der Waals surface area contributed by atoms with E-state index >= 15 is 0 Å². The third-order valence-electron chi connectivity index (χ3n) is 19.0. The maximum Gasteiger partial charge on any atom is 0.0618 e. The van der Waals surface area contributed by atoms with Crippen molar-refractivity contribution in [3.63, 3.8) is 0 Å². The van der Waals surface area contributed by atoms with Crippen molar-refractivity contribution in [3.8, 4) is 27.9 Å². The molecule has 0 aliphatic carbocycles. The minimum absolute atomic E-state index is 1.08. The fourth-order valence-electron chi connectivity index (χ4n) is 14.7. The standard InChI is InChI=1S/C90H60N4/c1-4-28-71(29-5-1)91(88-78-34-16-10-22-65(78)56-66-23-11-17-35-79(66)88)74-46-40-61(41-47-74)63-44-54-86-84(59-63)85-60-64(62-42-48-75(49-43-62)92(72-30-6-2-7-31-72)89-80-36-18-12-24-67(80)57-68-25-13-19-37-81(68)89)45-55-87(85)94(86)77-52-50-76(51-53-77)93(73-32-8-3-9-33-73)90-82-38-20-14-26-69(82)58-70-27-15-21-39-83(70)90/h1-60H. The Morgan fingerprint density at radius 2 is 0.404 bits per heavy atom. The fourth-order valence-corrected chi connectivity index (χ4v) is 14.7. The summed E-state index contributed by atoms with van der Waals surface area (Å²) in [5.74, 6) is 0. The molecule has 0 N–H and O–H groups in total. The molecular weight excluding hydrogens is 1140 g/mol. The molecule has 440 valence electrons. The van der Waals surface area contributed by atoms with Gasteiger partial charge in [-0.15, -0.1) is 0 Å². The molecule has 4 heteroatoms. The normalized spacial score (nSPS) is 11.6. The van der Waals surface area contributed by atoms with E-state index in [-0.39, 0.29) is 0 Å². The highest BCUT2D eigenvalue weighted by molar-refractivity contribution is 6.18. The first kappa shape index (κ1) is 54.4. The first-order valence-electron chi connectivity index (χ1n) is 32.3. The quantitative estimate of drug-likeness (QED) is 0.113. The lowest BCUT2D eigenvalue weighted by molar-refractivity contribution is 1.17. The van der Waals surface area contributed by atoms with Crippen LogP contribution in [0.25, 0.3) is 114 Å². The van der Waals surface area contributed by atoms with Crippen LogP contribution >= 0.6 is 0 Å². The summed E-state index contributed by atoms with van der Waals surface area (Å²) < 4.78 is 2.45. The molecule has 17 aromatic carbocycles. The Bertz CT molecular complexity index is 5480. The van der Waals surface area contributed by atoms with E-state index in [0.717, 1.165) is 78.8 Å². The number of fused-ring (bicyclic) bond motifs is 9. The van der Waals surface area contributed by atoms with Gasteiger partial charge in [0.25, 0.3) is 0 Å². The van der Waals surface area contributed by atoms with Gasteiger partial charge < -0.3 is 19.3 Å². The summed E-state index contributed by atoms with van der Waals surface area (Å²) in [6, 6.07) is 133. The van der Waals surface area contributed by atoms with Crippen molar-refractivity contribution < 1.29 is 0 Å². The molecule has 0 aliphatic rings. The Balaban J connectivity index is 0.783. The van der Waals surface area contributed by atoms with E-state index in [1.165, 1.54) is 86.8 Å². The number of para-hydroxylation sites is 3. The van der Waals surface area contributed by atoms with Crippen LogP contribution < -0.4 is 14.7 Å². The van der Waals surface area contributed by atoms with Crippen molar-refractivity contribution in [2.45, 2.75) is 0 Å². The van der Waals surface area contributed by atoms with Crippen LogP contribution in [0.15, 0.2) is 364 Å². The van der Waals surface area contributed by atoms with Gasteiger partial charge in [-0.25, -0.2) is 0 Å². The molecule has 0 unspecified atom stereocenters. The molecule has 1 heterocycles. The number of hydrogen-bond donors (Lipinski definition) is 0. The van der Waals surface area contributed by atoms with E-state index in [2.05, 4.69) is 383 Å². The lowest BCUT2D eigenvalue weighted by Crippen LogP contribution is -2.11. The first-order valence-corrected chi connectivity index (χ1v) is 32.3. The van der Waals surface area contributed by atoms with Gasteiger partial charge in [-0.2, -0.15) is 0 Å². The molecule has 0 amide bonds. The third kappa shape index (κ3) is 9.30. The predicted molar refractivity (Wildman–Crippen MR) is 401 cm³/mol. The minimum atomic E-state index is 1.08. The van der Waals surface area contributed by atoms with Gasteiger partial charge in [0.05, 0.1) is 28.1 Å². The van der Waals surface area contributed by atoms with Gasteiger partial charge in [0.1, 0.15) is 0 Å². The topological polar surface area (TPSA) is 14.7 Å². The Morgan fingerprint density at radius 1 is 0.170 bits per heavy atom. The molecule has 0 saturated heterocycles. The van der Waals surface area contributed by atoms with E-state index in [9.17, 15) is 0 Å². The highest BCUT2D eigenvalue weighted by Gasteiger charge is 2.24.